The zero-order chi connectivity index (χ0) is 34.5. The third-order valence-corrected chi connectivity index (χ3v) is 7.66. The van der Waals surface area contributed by atoms with Crippen LogP contribution in [0.2, 0.25) is 0 Å². The van der Waals surface area contributed by atoms with Crippen LogP contribution in [0.15, 0.2) is 52.9 Å². The lowest BCUT2D eigenvalue weighted by molar-refractivity contribution is -0.120. The van der Waals surface area contributed by atoms with E-state index in [1.165, 1.54) is 0 Å². The van der Waals surface area contributed by atoms with Gasteiger partial charge in [-0.25, -0.2) is 13.6 Å². The van der Waals surface area contributed by atoms with Crippen molar-refractivity contribution >= 4 is 45.4 Å². The summed E-state index contributed by atoms with van der Waals surface area (Å²) in [7, 11) is 0. The van der Waals surface area contributed by atoms with E-state index < -0.39 is 17.6 Å². The quantitative estimate of drug-likeness (QED) is 0.0604. The van der Waals surface area contributed by atoms with Crippen LogP contribution in [0.25, 0.3) is 11.0 Å². The van der Waals surface area contributed by atoms with E-state index >= 15 is 0 Å². The molecule has 12 heteroatoms. The Morgan fingerprint density at radius 2 is 1.71 bits per heavy atom. The number of halogens is 3. The van der Waals surface area contributed by atoms with Gasteiger partial charge in [-0.15, -0.1) is 0 Å². The van der Waals surface area contributed by atoms with Gasteiger partial charge in [0.15, 0.2) is 5.75 Å². The molecule has 4 rings (SSSR count). The van der Waals surface area contributed by atoms with Gasteiger partial charge in [-0.2, -0.15) is 10.5 Å². The van der Waals surface area contributed by atoms with Crippen LogP contribution in [0, 0.1) is 49.7 Å². The average molecular weight is 766 g/mol. The van der Waals surface area contributed by atoms with Crippen LogP contribution in [0.4, 0.5) is 8.78 Å². The average Bonchev–Trinajstić information content (AvgIpc) is 3.41. The molecule has 0 saturated carbocycles. The molecule has 0 aliphatic heterocycles. The number of nitriles is 2. The first kappa shape index (κ1) is 35.9. The van der Waals surface area contributed by atoms with Crippen LogP contribution >= 0.6 is 22.6 Å². The fourth-order valence-corrected chi connectivity index (χ4v) is 5.56. The minimum absolute atomic E-state index is 0.0582. The number of furan rings is 1. The molecule has 0 aliphatic rings. The van der Waals surface area contributed by atoms with E-state index in [1.54, 1.807) is 30.3 Å². The number of benzene rings is 3. The first-order chi connectivity index (χ1) is 23.2. The second-order valence-corrected chi connectivity index (χ2v) is 11.7. The molecule has 0 radical (unpaired) electrons. The van der Waals surface area contributed by atoms with Crippen molar-refractivity contribution < 1.29 is 37.4 Å². The molecule has 2 N–H and O–H groups in total. The number of esters is 1. The number of hydrogen-bond acceptors (Lipinski definition) is 8. The number of rotatable bonds is 14. The smallest absolute Gasteiger partial charge is 0.342 e. The first-order valence-electron chi connectivity index (χ1n) is 15.0. The summed E-state index contributed by atoms with van der Waals surface area (Å²) >= 11 is 2.09. The second-order valence-electron chi connectivity index (χ2n) is 10.5. The summed E-state index contributed by atoms with van der Waals surface area (Å²) in [6.45, 7) is -0.421. The van der Waals surface area contributed by atoms with Crippen LogP contribution in [-0.4, -0.2) is 30.1 Å². The minimum Gasteiger partial charge on any atom is -0.460 e. The summed E-state index contributed by atoms with van der Waals surface area (Å²) in [4.78, 5) is 25.8. The molecule has 246 valence electrons. The van der Waals surface area contributed by atoms with Crippen molar-refractivity contribution in [3.05, 3.63) is 91.7 Å². The molecule has 48 heavy (non-hydrogen) atoms. The van der Waals surface area contributed by atoms with E-state index in [1.807, 2.05) is 0 Å². The molecule has 0 aliphatic carbocycles. The Balaban J connectivity index is 1.69. The van der Waals surface area contributed by atoms with Gasteiger partial charge in [0.05, 0.1) is 34.3 Å². The maximum atomic E-state index is 13.7. The van der Waals surface area contributed by atoms with Crippen molar-refractivity contribution in [3.63, 3.8) is 0 Å². The molecule has 1 aromatic heterocycles. The molecule has 1 heterocycles. The Morgan fingerprint density at radius 3 is 2.44 bits per heavy atom. The zero-order valence-corrected chi connectivity index (χ0v) is 27.9. The third-order valence-electron chi connectivity index (χ3n) is 6.86. The number of unbranched alkanes of at least 4 members (excludes halogenated alkanes) is 3. The lowest BCUT2D eigenvalue weighted by Crippen LogP contribution is -2.27. The molecule has 4 aromatic rings. The third kappa shape index (κ3) is 10.0. The van der Waals surface area contributed by atoms with E-state index in [9.17, 15) is 18.4 Å². The monoisotopic (exact) mass is 765 g/mol. The minimum atomic E-state index is -0.798. The standard InChI is InChI=1S/C36H30F2IN3O6/c37-26-16-24(17-27(38)20-26)22-46-36(45)34-29-21-28(9-10-31(29)48-32(34)8-4-6-12-41)47-35-25(7-3-1-2-5-11-40)15-23(18-30(35)39)19-33(44)42-13-14-43/h9-10,15-18,20-21,43H,1-2,4-6,8,13-14,19,22H2,(H,42,44). The van der Waals surface area contributed by atoms with Gasteiger partial charge in [-0.1, -0.05) is 11.8 Å². The van der Waals surface area contributed by atoms with Gasteiger partial charge in [-0.05, 0) is 89.0 Å². The summed E-state index contributed by atoms with van der Waals surface area (Å²) in [5.74, 6) is 4.57. The Morgan fingerprint density at radius 1 is 0.958 bits per heavy atom. The molecule has 0 spiro atoms. The number of fused-ring (bicyclic) bond motifs is 1. The lowest BCUT2D eigenvalue weighted by atomic mass is 10.1. The van der Waals surface area contributed by atoms with Crippen LogP contribution in [0.1, 0.15) is 64.9 Å². The van der Waals surface area contributed by atoms with Crippen LogP contribution < -0.4 is 10.1 Å². The van der Waals surface area contributed by atoms with E-state index in [0.717, 1.165) is 18.2 Å². The number of carbonyl (C=O) groups excluding carboxylic acids is 2. The highest BCUT2D eigenvalue weighted by Gasteiger charge is 2.23. The highest BCUT2D eigenvalue weighted by atomic mass is 127. The van der Waals surface area contributed by atoms with Crippen LogP contribution in [0.5, 0.6) is 11.5 Å². The van der Waals surface area contributed by atoms with Crippen molar-refractivity contribution in [1.82, 2.24) is 5.32 Å². The normalized spacial score (nSPS) is 10.5. The Bertz CT molecular complexity index is 1930. The summed E-state index contributed by atoms with van der Waals surface area (Å²) in [6.07, 6.45) is 2.44. The number of aryl methyl sites for hydroxylation is 1. The van der Waals surface area contributed by atoms with Gasteiger partial charge in [-0.3, -0.25) is 4.79 Å². The second kappa shape index (κ2) is 17.8. The summed E-state index contributed by atoms with van der Waals surface area (Å²) in [5, 5.41) is 29.9. The number of hydrogen-bond donors (Lipinski definition) is 2. The number of carbonyl (C=O) groups is 2. The van der Waals surface area contributed by atoms with E-state index in [2.05, 4.69) is 51.9 Å². The maximum Gasteiger partial charge on any atom is 0.342 e. The van der Waals surface area contributed by atoms with Crippen LogP contribution in [0.3, 0.4) is 0 Å². The highest BCUT2D eigenvalue weighted by Crippen LogP contribution is 2.36. The van der Waals surface area contributed by atoms with Gasteiger partial charge < -0.3 is 24.3 Å². The number of ether oxygens (including phenoxy) is 2. The van der Waals surface area contributed by atoms with E-state index in [0.29, 0.717) is 68.6 Å². The lowest BCUT2D eigenvalue weighted by Gasteiger charge is -2.13. The van der Waals surface area contributed by atoms with Gasteiger partial charge in [0.25, 0.3) is 0 Å². The van der Waals surface area contributed by atoms with Gasteiger partial charge in [0.1, 0.15) is 40.9 Å². The van der Waals surface area contributed by atoms with E-state index in [4.69, 9.17) is 29.5 Å². The molecule has 3 aromatic carbocycles. The Labute approximate surface area is 289 Å². The molecular weight excluding hydrogens is 735 g/mol. The van der Waals surface area contributed by atoms with Gasteiger partial charge in [0, 0.05) is 43.7 Å². The van der Waals surface area contributed by atoms with Gasteiger partial charge in [0.2, 0.25) is 5.91 Å². The summed E-state index contributed by atoms with van der Waals surface area (Å²) in [6, 6.07) is 15.5. The molecular formula is C36H30F2IN3O6. The largest absolute Gasteiger partial charge is 0.460 e. The molecule has 9 nitrogen and oxygen atoms in total. The number of nitrogens with zero attached hydrogens (tertiary/aromatic N) is 2. The first-order valence-corrected chi connectivity index (χ1v) is 16.1. The number of aliphatic hydroxyl groups is 1. The molecule has 0 atom stereocenters. The number of nitrogens with one attached hydrogen (secondary N) is 1. The SMILES string of the molecule is N#CCCCC#Cc1cc(CC(=O)NCCO)cc(I)c1Oc1ccc2oc(CCCC#N)c(C(=O)OCc3cc(F)cc(F)c3)c2c1. The summed E-state index contributed by atoms with van der Waals surface area (Å²) < 4.78 is 45.9. The Kier molecular flexibility index (Phi) is 13.3. The van der Waals surface area contributed by atoms with Crippen molar-refractivity contribution in [3.8, 4) is 35.5 Å². The fraction of sp³-hybridized carbons (Fsp3) is 0.278. The van der Waals surface area contributed by atoms with Crippen molar-refractivity contribution in [2.24, 2.45) is 0 Å². The fourth-order valence-electron chi connectivity index (χ4n) is 4.76. The predicted octanol–water partition coefficient (Wildman–Crippen LogP) is 7.01. The van der Waals surface area contributed by atoms with E-state index in [-0.39, 0.29) is 56.1 Å². The molecule has 0 unspecified atom stereocenters. The van der Waals surface area contributed by atoms with Crippen molar-refractivity contribution in [2.45, 2.75) is 51.6 Å². The van der Waals surface area contributed by atoms with Gasteiger partial charge >= 0.3 is 5.97 Å². The van der Waals surface area contributed by atoms with Crippen LogP contribution in [-0.2, 0) is 29.0 Å². The molecule has 0 bridgehead atoms. The summed E-state index contributed by atoms with van der Waals surface area (Å²) in [5.41, 5.74) is 1.80. The number of aliphatic hydroxyl groups excluding tert-OH is 1. The zero-order valence-electron chi connectivity index (χ0n) is 25.7. The molecule has 0 fully saturated rings. The predicted molar refractivity (Wildman–Crippen MR) is 180 cm³/mol. The highest BCUT2D eigenvalue weighted by molar-refractivity contribution is 14.1. The van der Waals surface area contributed by atoms with Crippen molar-refractivity contribution in [1.29, 1.82) is 10.5 Å². The molecule has 1 amide bonds. The Hall–Kier alpha value is -4.97. The number of amides is 1. The maximum absolute atomic E-state index is 13.7. The molecule has 0 saturated heterocycles. The topological polar surface area (TPSA) is 146 Å². The van der Waals surface area contributed by atoms with Crippen molar-refractivity contribution in [2.75, 3.05) is 13.2 Å².